The predicted molar refractivity (Wildman–Crippen MR) is 99.9 cm³/mol. The minimum absolute atomic E-state index is 0.0266. The van der Waals surface area contributed by atoms with Gasteiger partial charge in [0.05, 0.1) is 29.9 Å². The third kappa shape index (κ3) is 4.74. The standard InChI is InChI=1S/C18H14ClN3O5/c1-26-14-5-3-11(17(9-14)27-2)7-12(10-20)18(23)21-16-8-13(22(24)25)4-6-15(16)19/h3-9H,1-2H3,(H,21,23)/b12-7+. The van der Waals surface area contributed by atoms with Crippen LogP contribution < -0.4 is 14.8 Å². The molecule has 0 aliphatic rings. The summed E-state index contributed by atoms with van der Waals surface area (Å²) in [7, 11) is 2.95. The minimum Gasteiger partial charge on any atom is -0.497 e. The Bertz CT molecular complexity index is 966. The van der Waals surface area contributed by atoms with Crippen molar-refractivity contribution in [2.75, 3.05) is 19.5 Å². The molecule has 8 nitrogen and oxygen atoms in total. The Kier molecular flexibility index (Phi) is 6.36. The number of non-ortho nitro benzene ring substituents is 1. The first kappa shape index (κ1) is 19.8. The molecule has 27 heavy (non-hydrogen) atoms. The monoisotopic (exact) mass is 387 g/mol. The number of nitrogens with zero attached hydrogens (tertiary/aromatic N) is 2. The fraction of sp³-hybridized carbons (Fsp3) is 0.111. The van der Waals surface area contributed by atoms with Gasteiger partial charge >= 0.3 is 0 Å². The SMILES string of the molecule is COc1ccc(/C=C(\C#N)C(=O)Nc2cc([N+](=O)[O-])ccc2Cl)c(OC)c1. The fourth-order valence-electron chi connectivity index (χ4n) is 2.15. The first-order chi connectivity index (χ1) is 12.9. The van der Waals surface area contributed by atoms with E-state index in [1.807, 2.05) is 0 Å². The van der Waals surface area contributed by atoms with Gasteiger partial charge in [-0.3, -0.25) is 14.9 Å². The fourth-order valence-corrected chi connectivity index (χ4v) is 2.32. The predicted octanol–water partition coefficient (Wildman–Crippen LogP) is 3.81. The molecule has 9 heteroatoms. The van der Waals surface area contributed by atoms with Gasteiger partial charge in [-0.25, -0.2) is 0 Å². The van der Waals surface area contributed by atoms with Crippen molar-refractivity contribution in [2.45, 2.75) is 0 Å². The molecule has 0 unspecified atom stereocenters. The number of carbonyl (C=O) groups excluding carboxylic acids is 1. The normalized spacial score (nSPS) is 10.7. The number of ether oxygens (including phenoxy) is 2. The lowest BCUT2D eigenvalue weighted by Gasteiger charge is -2.09. The zero-order chi connectivity index (χ0) is 20.0. The molecule has 0 fully saturated rings. The van der Waals surface area contributed by atoms with E-state index in [0.29, 0.717) is 17.1 Å². The maximum Gasteiger partial charge on any atom is 0.271 e. The highest BCUT2D eigenvalue weighted by Gasteiger charge is 2.16. The average Bonchev–Trinajstić information content (AvgIpc) is 2.67. The van der Waals surface area contributed by atoms with Gasteiger partial charge in [0, 0.05) is 23.8 Å². The lowest BCUT2D eigenvalue weighted by molar-refractivity contribution is -0.384. The highest BCUT2D eigenvalue weighted by atomic mass is 35.5. The summed E-state index contributed by atoms with van der Waals surface area (Å²) in [6.45, 7) is 0. The second kappa shape index (κ2) is 8.69. The van der Waals surface area contributed by atoms with E-state index < -0.39 is 10.8 Å². The molecule has 2 aromatic carbocycles. The number of anilines is 1. The Morgan fingerprint density at radius 2 is 2.00 bits per heavy atom. The third-order valence-corrected chi connectivity index (χ3v) is 3.84. The van der Waals surface area contributed by atoms with Crippen LogP contribution in [0, 0.1) is 21.4 Å². The molecule has 138 valence electrons. The molecule has 0 saturated carbocycles. The van der Waals surface area contributed by atoms with Gasteiger partial charge < -0.3 is 14.8 Å². The zero-order valence-corrected chi connectivity index (χ0v) is 15.1. The van der Waals surface area contributed by atoms with Crippen molar-refractivity contribution < 1.29 is 19.2 Å². The van der Waals surface area contributed by atoms with Gasteiger partial charge in [0.2, 0.25) is 0 Å². The number of nitro benzene ring substituents is 1. The van der Waals surface area contributed by atoms with Crippen LogP contribution in [0.5, 0.6) is 11.5 Å². The first-order valence-electron chi connectivity index (χ1n) is 7.48. The summed E-state index contributed by atoms with van der Waals surface area (Å²) < 4.78 is 10.3. The Labute approximate surface area is 159 Å². The van der Waals surface area contributed by atoms with Crippen LogP contribution in [0.1, 0.15) is 5.56 Å². The second-order valence-electron chi connectivity index (χ2n) is 5.15. The molecule has 0 saturated heterocycles. The van der Waals surface area contributed by atoms with Crippen LogP contribution in [0.25, 0.3) is 6.08 Å². The van der Waals surface area contributed by atoms with E-state index in [2.05, 4.69) is 5.32 Å². The summed E-state index contributed by atoms with van der Waals surface area (Å²) in [5.41, 5.74) is 0.0314. The number of nitro groups is 1. The van der Waals surface area contributed by atoms with Gasteiger partial charge in [0.15, 0.2) is 0 Å². The number of halogens is 1. The van der Waals surface area contributed by atoms with Crippen LogP contribution in [0.3, 0.4) is 0 Å². The molecule has 1 amide bonds. The smallest absolute Gasteiger partial charge is 0.271 e. The van der Waals surface area contributed by atoms with Gasteiger partial charge in [0.25, 0.3) is 11.6 Å². The molecule has 0 spiro atoms. The average molecular weight is 388 g/mol. The van der Waals surface area contributed by atoms with Crippen LogP contribution in [0.2, 0.25) is 5.02 Å². The largest absolute Gasteiger partial charge is 0.497 e. The number of nitriles is 1. The topological polar surface area (TPSA) is 114 Å². The van der Waals surface area contributed by atoms with Crippen molar-refractivity contribution in [3.05, 3.63) is 62.7 Å². The van der Waals surface area contributed by atoms with E-state index in [4.69, 9.17) is 21.1 Å². The van der Waals surface area contributed by atoms with Crippen LogP contribution in [0.15, 0.2) is 42.0 Å². The van der Waals surface area contributed by atoms with Crippen molar-refractivity contribution in [3.63, 3.8) is 0 Å². The Balaban J connectivity index is 2.34. The summed E-state index contributed by atoms with van der Waals surface area (Å²) >= 11 is 5.96. The molecular formula is C18H14ClN3O5. The quantitative estimate of drug-likeness (QED) is 0.349. The third-order valence-electron chi connectivity index (χ3n) is 3.51. The molecule has 0 aromatic heterocycles. The number of nitrogens with one attached hydrogen (secondary N) is 1. The summed E-state index contributed by atoms with van der Waals surface area (Å²) in [6.07, 6.45) is 1.33. The van der Waals surface area contributed by atoms with E-state index >= 15 is 0 Å². The number of hydrogen-bond acceptors (Lipinski definition) is 6. The number of rotatable bonds is 6. The molecule has 0 heterocycles. The summed E-state index contributed by atoms with van der Waals surface area (Å²) in [5.74, 6) is 0.191. The molecule has 2 rings (SSSR count). The summed E-state index contributed by atoms with van der Waals surface area (Å²) in [6, 6.07) is 10.3. The van der Waals surface area contributed by atoms with Crippen molar-refractivity contribution in [3.8, 4) is 17.6 Å². The van der Waals surface area contributed by atoms with Crippen LogP contribution in [-0.4, -0.2) is 25.1 Å². The summed E-state index contributed by atoms with van der Waals surface area (Å²) in [4.78, 5) is 22.7. The Hall–Kier alpha value is -3.57. The van der Waals surface area contributed by atoms with Gasteiger partial charge in [-0.2, -0.15) is 5.26 Å². The number of carbonyl (C=O) groups is 1. The van der Waals surface area contributed by atoms with Crippen molar-refractivity contribution >= 4 is 35.0 Å². The van der Waals surface area contributed by atoms with Crippen LogP contribution in [-0.2, 0) is 4.79 Å². The molecule has 0 aliphatic carbocycles. The molecule has 0 radical (unpaired) electrons. The van der Waals surface area contributed by atoms with Gasteiger partial charge in [-0.15, -0.1) is 0 Å². The maximum absolute atomic E-state index is 12.4. The van der Waals surface area contributed by atoms with Crippen LogP contribution >= 0.6 is 11.6 Å². The van der Waals surface area contributed by atoms with E-state index in [1.54, 1.807) is 24.3 Å². The number of methoxy groups -OCH3 is 2. The van der Waals surface area contributed by atoms with E-state index in [-0.39, 0.29) is 22.0 Å². The molecule has 0 aliphatic heterocycles. The second-order valence-corrected chi connectivity index (χ2v) is 5.56. The minimum atomic E-state index is -0.766. The van der Waals surface area contributed by atoms with Gasteiger partial charge in [0.1, 0.15) is 23.1 Å². The van der Waals surface area contributed by atoms with Crippen molar-refractivity contribution in [1.82, 2.24) is 0 Å². The van der Waals surface area contributed by atoms with Gasteiger partial charge in [-0.05, 0) is 24.3 Å². The highest BCUT2D eigenvalue weighted by molar-refractivity contribution is 6.34. The van der Waals surface area contributed by atoms with E-state index in [1.165, 1.54) is 32.4 Å². The first-order valence-corrected chi connectivity index (χ1v) is 7.86. The number of hydrogen-bond donors (Lipinski definition) is 1. The maximum atomic E-state index is 12.4. The summed E-state index contributed by atoms with van der Waals surface area (Å²) in [5, 5.41) is 22.7. The van der Waals surface area contributed by atoms with E-state index in [0.717, 1.165) is 6.07 Å². The van der Waals surface area contributed by atoms with Crippen molar-refractivity contribution in [2.24, 2.45) is 0 Å². The Morgan fingerprint density at radius 3 is 2.59 bits per heavy atom. The Morgan fingerprint density at radius 1 is 1.26 bits per heavy atom. The zero-order valence-electron chi connectivity index (χ0n) is 14.4. The number of amides is 1. The molecule has 0 bridgehead atoms. The van der Waals surface area contributed by atoms with Crippen LogP contribution in [0.4, 0.5) is 11.4 Å². The molecule has 2 aromatic rings. The highest BCUT2D eigenvalue weighted by Crippen LogP contribution is 2.29. The van der Waals surface area contributed by atoms with Crippen molar-refractivity contribution in [1.29, 1.82) is 5.26 Å². The lowest BCUT2D eigenvalue weighted by Crippen LogP contribution is -2.14. The lowest BCUT2D eigenvalue weighted by atomic mass is 10.1. The molecular weight excluding hydrogens is 374 g/mol. The molecule has 0 atom stereocenters. The number of benzene rings is 2. The molecule has 1 N–H and O–H groups in total. The van der Waals surface area contributed by atoms with E-state index in [9.17, 15) is 20.2 Å². The van der Waals surface area contributed by atoms with Gasteiger partial charge in [-0.1, -0.05) is 11.6 Å².